The summed E-state index contributed by atoms with van der Waals surface area (Å²) in [5.74, 6) is -1.80. The summed E-state index contributed by atoms with van der Waals surface area (Å²) in [5, 5.41) is 18.0. The summed E-state index contributed by atoms with van der Waals surface area (Å²) in [6.45, 7) is 2.41. The summed E-state index contributed by atoms with van der Waals surface area (Å²) in [4.78, 5) is 25.9. The molecule has 0 radical (unpaired) electrons. The Morgan fingerprint density at radius 2 is 2.05 bits per heavy atom. The van der Waals surface area contributed by atoms with E-state index >= 15 is 0 Å². The molecular weight excluding hydrogens is 506 g/mol. The van der Waals surface area contributed by atoms with Gasteiger partial charge in [0.25, 0.3) is 0 Å². The van der Waals surface area contributed by atoms with Crippen molar-refractivity contribution in [2.75, 3.05) is 20.8 Å². The Labute approximate surface area is 217 Å². The SMILES string of the molecule is COC1=CC(=O)C[C@@H](C#N)[C@]12Oc1c(Cl)c(-c3nnc([C@H](C)OC4CCCCO4)o3)cc(OC)c1C2=O. The molecule has 3 aliphatic rings. The Morgan fingerprint density at radius 1 is 1.24 bits per heavy atom. The monoisotopic (exact) mass is 529 g/mol. The molecule has 4 atom stereocenters. The number of Topliss-reactive ketones (excluding diaryl/α,β-unsaturated/α-hetero) is 1. The van der Waals surface area contributed by atoms with Crippen LogP contribution in [0.25, 0.3) is 11.5 Å². The molecule has 0 saturated carbocycles. The molecule has 37 heavy (non-hydrogen) atoms. The molecule has 0 N–H and O–H groups in total. The van der Waals surface area contributed by atoms with Crippen LogP contribution < -0.4 is 9.47 Å². The van der Waals surface area contributed by atoms with Crippen LogP contribution in [0.1, 0.15) is 55.0 Å². The molecule has 11 nitrogen and oxygen atoms in total. The zero-order valence-electron chi connectivity index (χ0n) is 20.4. The maximum Gasteiger partial charge on any atom is 0.249 e. The fourth-order valence-electron chi connectivity index (χ4n) is 4.81. The number of allylic oxidation sites excluding steroid dienone is 1. The number of hydrogen-bond donors (Lipinski definition) is 0. The first-order valence-corrected chi connectivity index (χ1v) is 12.2. The average molecular weight is 530 g/mol. The highest BCUT2D eigenvalue weighted by Crippen LogP contribution is 2.54. The lowest BCUT2D eigenvalue weighted by molar-refractivity contribution is -0.190. The van der Waals surface area contributed by atoms with Gasteiger partial charge in [-0.25, -0.2) is 0 Å². The summed E-state index contributed by atoms with van der Waals surface area (Å²) >= 11 is 6.72. The Kier molecular flexibility index (Phi) is 6.66. The van der Waals surface area contributed by atoms with Crippen molar-refractivity contribution in [3.8, 4) is 29.0 Å². The second-order valence-electron chi connectivity index (χ2n) is 8.90. The maximum atomic E-state index is 13.8. The summed E-state index contributed by atoms with van der Waals surface area (Å²) in [5.41, 5.74) is -1.59. The number of ketones is 2. The maximum absolute atomic E-state index is 13.8. The van der Waals surface area contributed by atoms with E-state index in [1.807, 2.05) is 6.07 Å². The molecule has 0 amide bonds. The van der Waals surface area contributed by atoms with Gasteiger partial charge in [-0.2, -0.15) is 5.26 Å². The molecule has 1 aliphatic carbocycles. The van der Waals surface area contributed by atoms with Crippen molar-refractivity contribution in [1.82, 2.24) is 10.2 Å². The Hall–Kier alpha value is -3.46. The normalized spacial score (nSPS) is 25.8. The number of carbonyl (C=O) groups is 2. The van der Waals surface area contributed by atoms with E-state index in [4.69, 9.17) is 39.7 Å². The first kappa shape index (κ1) is 25.2. The molecule has 12 heteroatoms. The topological polar surface area (TPSA) is 143 Å². The number of rotatable bonds is 6. The molecule has 1 saturated heterocycles. The van der Waals surface area contributed by atoms with Crippen LogP contribution >= 0.6 is 11.6 Å². The molecule has 0 bridgehead atoms. The van der Waals surface area contributed by atoms with Crippen LogP contribution in [0.5, 0.6) is 11.5 Å². The fraction of sp³-hybridized carbons (Fsp3) is 0.480. The zero-order chi connectivity index (χ0) is 26.3. The number of methoxy groups -OCH3 is 2. The van der Waals surface area contributed by atoms with Crippen molar-refractivity contribution in [1.29, 1.82) is 5.26 Å². The first-order valence-electron chi connectivity index (χ1n) is 11.8. The van der Waals surface area contributed by atoms with Crippen LogP contribution in [-0.4, -0.2) is 54.5 Å². The summed E-state index contributed by atoms with van der Waals surface area (Å²) in [6.07, 6.45) is 2.85. The number of ether oxygens (including phenoxy) is 5. The van der Waals surface area contributed by atoms with Gasteiger partial charge in [0.2, 0.25) is 23.2 Å². The van der Waals surface area contributed by atoms with Crippen molar-refractivity contribution in [2.24, 2.45) is 5.92 Å². The number of halogens is 1. The van der Waals surface area contributed by atoms with Gasteiger partial charge in [-0.15, -0.1) is 10.2 Å². The molecule has 2 aliphatic heterocycles. The molecule has 1 aromatic heterocycles. The van der Waals surface area contributed by atoms with Crippen LogP contribution in [0.3, 0.4) is 0 Å². The molecule has 194 valence electrons. The van der Waals surface area contributed by atoms with Gasteiger partial charge in [0.1, 0.15) is 23.3 Å². The van der Waals surface area contributed by atoms with E-state index in [0.717, 1.165) is 19.3 Å². The number of fused-ring (bicyclic) bond motifs is 1. The van der Waals surface area contributed by atoms with Gasteiger partial charge in [-0.3, -0.25) is 9.59 Å². The van der Waals surface area contributed by atoms with Crippen molar-refractivity contribution >= 4 is 23.2 Å². The Balaban J connectivity index is 1.53. The standard InChI is InChI=1S/C25H24ClN3O8/c1-12(35-18-6-4-5-7-34-18)23-28-29-24(36-23)15-10-16(32-2)19-21(20(15)26)37-25(22(19)31)13(11-27)8-14(30)9-17(25)33-3/h9-10,12-13,18H,4-8H2,1-3H3/t12-,13-,18?,25-/m0/s1. The van der Waals surface area contributed by atoms with Crippen molar-refractivity contribution < 1.29 is 37.7 Å². The van der Waals surface area contributed by atoms with E-state index < -0.39 is 23.4 Å². The average Bonchev–Trinajstić information content (AvgIpc) is 3.51. The minimum Gasteiger partial charge on any atom is -0.496 e. The van der Waals surface area contributed by atoms with Crippen molar-refractivity contribution in [2.45, 2.75) is 50.6 Å². The van der Waals surface area contributed by atoms with E-state index in [1.165, 1.54) is 26.4 Å². The molecule has 1 aromatic carbocycles. The Bertz CT molecular complexity index is 1330. The molecule has 3 heterocycles. The van der Waals surface area contributed by atoms with Gasteiger partial charge in [0, 0.05) is 19.1 Å². The summed E-state index contributed by atoms with van der Waals surface area (Å²) in [6, 6.07) is 3.50. The zero-order valence-corrected chi connectivity index (χ0v) is 21.2. The van der Waals surface area contributed by atoms with E-state index in [2.05, 4.69) is 10.2 Å². The molecule has 1 fully saturated rings. The van der Waals surface area contributed by atoms with E-state index in [1.54, 1.807) is 6.92 Å². The number of nitriles is 1. The second-order valence-corrected chi connectivity index (χ2v) is 9.27. The smallest absolute Gasteiger partial charge is 0.249 e. The lowest BCUT2D eigenvalue weighted by Gasteiger charge is -2.34. The molecule has 5 rings (SSSR count). The minimum atomic E-state index is -1.88. The van der Waals surface area contributed by atoms with E-state index in [-0.39, 0.29) is 63.7 Å². The van der Waals surface area contributed by atoms with Gasteiger partial charge in [-0.05, 0) is 32.3 Å². The van der Waals surface area contributed by atoms with E-state index in [0.29, 0.717) is 6.61 Å². The predicted molar refractivity (Wildman–Crippen MR) is 126 cm³/mol. The number of benzene rings is 1. The van der Waals surface area contributed by atoms with Gasteiger partial charge in [0.05, 0.1) is 30.9 Å². The third-order valence-electron chi connectivity index (χ3n) is 6.67. The number of nitrogens with zero attached hydrogens (tertiary/aromatic N) is 3. The second kappa shape index (κ2) is 9.78. The van der Waals surface area contributed by atoms with Crippen LogP contribution in [0.4, 0.5) is 0 Å². The van der Waals surface area contributed by atoms with E-state index in [9.17, 15) is 14.9 Å². The highest BCUT2D eigenvalue weighted by molar-refractivity contribution is 6.36. The lowest BCUT2D eigenvalue weighted by Crippen LogP contribution is -2.52. The van der Waals surface area contributed by atoms with Crippen molar-refractivity contribution in [3.05, 3.63) is 34.4 Å². The van der Waals surface area contributed by atoms with Crippen LogP contribution in [0.15, 0.2) is 22.3 Å². The van der Waals surface area contributed by atoms with Gasteiger partial charge in [-0.1, -0.05) is 11.6 Å². The lowest BCUT2D eigenvalue weighted by atomic mass is 9.75. The van der Waals surface area contributed by atoms with Gasteiger partial charge >= 0.3 is 0 Å². The fourth-order valence-corrected chi connectivity index (χ4v) is 5.08. The molecular formula is C25H24ClN3O8. The van der Waals surface area contributed by atoms with Crippen LogP contribution in [0, 0.1) is 17.2 Å². The third-order valence-corrected chi connectivity index (χ3v) is 7.05. The molecule has 1 spiro atoms. The van der Waals surface area contributed by atoms with Crippen molar-refractivity contribution in [3.63, 3.8) is 0 Å². The largest absolute Gasteiger partial charge is 0.496 e. The summed E-state index contributed by atoms with van der Waals surface area (Å²) < 4.78 is 34.3. The first-order chi connectivity index (χ1) is 17.8. The predicted octanol–water partition coefficient (Wildman–Crippen LogP) is 3.96. The van der Waals surface area contributed by atoms with Crippen LogP contribution in [-0.2, 0) is 19.0 Å². The quantitative estimate of drug-likeness (QED) is 0.536. The Morgan fingerprint density at radius 3 is 2.73 bits per heavy atom. The van der Waals surface area contributed by atoms with Gasteiger partial charge < -0.3 is 28.1 Å². The molecule has 2 aromatic rings. The molecule has 1 unspecified atom stereocenters. The highest BCUT2D eigenvalue weighted by Gasteiger charge is 2.61. The highest BCUT2D eigenvalue weighted by atomic mass is 35.5. The summed E-state index contributed by atoms with van der Waals surface area (Å²) in [7, 11) is 2.68. The minimum absolute atomic E-state index is 0.00412. The van der Waals surface area contributed by atoms with Crippen LogP contribution in [0.2, 0.25) is 5.02 Å². The number of carbonyl (C=O) groups excluding carboxylic acids is 2. The third kappa shape index (κ3) is 4.05. The number of hydrogen-bond acceptors (Lipinski definition) is 11. The van der Waals surface area contributed by atoms with Gasteiger partial charge in [0.15, 0.2) is 23.6 Å². The number of aromatic nitrogens is 2.